The van der Waals surface area contributed by atoms with Gasteiger partial charge in [-0.2, -0.15) is 0 Å². The van der Waals surface area contributed by atoms with E-state index in [2.05, 4.69) is 9.97 Å². The van der Waals surface area contributed by atoms with Crippen LogP contribution >= 0.6 is 0 Å². The summed E-state index contributed by atoms with van der Waals surface area (Å²) in [5, 5.41) is 0. The Balaban J connectivity index is 1.46. The highest BCUT2D eigenvalue weighted by atomic mass is 16.6. The molecular weight excluding hydrogens is 310 g/mol. The summed E-state index contributed by atoms with van der Waals surface area (Å²) in [6.07, 6.45) is 5.43. The van der Waals surface area contributed by atoms with Gasteiger partial charge >= 0.3 is 0 Å². The molecule has 7 nitrogen and oxygen atoms in total. The Morgan fingerprint density at radius 2 is 2.17 bits per heavy atom. The highest BCUT2D eigenvalue weighted by molar-refractivity contribution is 5.98. The van der Waals surface area contributed by atoms with E-state index in [9.17, 15) is 4.79 Å². The molecule has 1 saturated heterocycles. The maximum atomic E-state index is 12.8. The van der Waals surface area contributed by atoms with Crippen LogP contribution < -0.4 is 14.2 Å². The fourth-order valence-corrected chi connectivity index (χ4v) is 2.94. The molecule has 3 heterocycles. The van der Waals surface area contributed by atoms with Crippen LogP contribution in [0.1, 0.15) is 16.8 Å². The Morgan fingerprint density at radius 3 is 3.04 bits per heavy atom. The molecule has 2 aromatic rings. The quantitative estimate of drug-likeness (QED) is 0.851. The van der Waals surface area contributed by atoms with Crippen LogP contribution in [0.15, 0.2) is 36.8 Å². The fraction of sp³-hybridized carbons (Fsp3) is 0.353. The lowest BCUT2D eigenvalue weighted by atomic mass is 10.1. The lowest BCUT2D eigenvalue weighted by Crippen LogP contribution is -2.32. The van der Waals surface area contributed by atoms with Crippen LogP contribution in [0.3, 0.4) is 0 Å². The zero-order valence-corrected chi connectivity index (χ0v) is 13.1. The van der Waals surface area contributed by atoms with Gasteiger partial charge in [-0.1, -0.05) is 6.07 Å². The van der Waals surface area contributed by atoms with Gasteiger partial charge in [-0.15, -0.1) is 0 Å². The van der Waals surface area contributed by atoms with E-state index in [0.29, 0.717) is 49.2 Å². The molecule has 7 heteroatoms. The van der Waals surface area contributed by atoms with E-state index in [4.69, 9.17) is 14.2 Å². The second kappa shape index (κ2) is 6.35. The Kier molecular flexibility index (Phi) is 3.90. The van der Waals surface area contributed by atoms with Crippen molar-refractivity contribution in [1.82, 2.24) is 14.9 Å². The van der Waals surface area contributed by atoms with Gasteiger partial charge in [0, 0.05) is 25.4 Å². The predicted octanol–water partition coefficient (Wildman–Crippen LogP) is 1.54. The Bertz CT molecular complexity index is 738. The molecule has 24 heavy (non-hydrogen) atoms. The van der Waals surface area contributed by atoms with Gasteiger partial charge in [0.05, 0.1) is 18.3 Å². The summed E-state index contributed by atoms with van der Waals surface area (Å²) >= 11 is 0. The molecule has 0 spiro atoms. The number of amides is 1. The van der Waals surface area contributed by atoms with Crippen molar-refractivity contribution in [3.63, 3.8) is 0 Å². The average molecular weight is 327 g/mol. The first-order valence-electron chi connectivity index (χ1n) is 7.92. The summed E-state index contributed by atoms with van der Waals surface area (Å²) in [6, 6.07) is 5.40. The summed E-state index contributed by atoms with van der Waals surface area (Å²) < 4.78 is 17.0. The zero-order chi connectivity index (χ0) is 16.4. The van der Waals surface area contributed by atoms with Crippen LogP contribution in [0.25, 0.3) is 0 Å². The van der Waals surface area contributed by atoms with Crippen LogP contribution in [0.2, 0.25) is 0 Å². The number of hydrogen-bond acceptors (Lipinski definition) is 6. The Morgan fingerprint density at radius 1 is 1.25 bits per heavy atom. The number of hydrogen-bond donors (Lipinski definition) is 0. The molecule has 1 amide bonds. The fourth-order valence-electron chi connectivity index (χ4n) is 2.94. The number of carbonyl (C=O) groups excluding carboxylic acids is 1. The molecule has 0 unspecified atom stereocenters. The average Bonchev–Trinajstić information content (AvgIpc) is 3.10. The Hall–Kier alpha value is -2.83. The van der Waals surface area contributed by atoms with E-state index in [-0.39, 0.29) is 12.0 Å². The summed E-state index contributed by atoms with van der Waals surface area (Å²) in [6.45, 7) is 2.10. The molecule has 1 atom stereocenters. The van der Waals surface area contributed by atoms with Gasteiger partial charge in [0.2, 0.25) is 5.88 Å². The van der Waals surface area contributed by atoms with Crippen LogP contribution in [0.4, 0.5) is 0 Å². The van der Waals surface area contributed by atoms with Crippen LogP contribution in [-0.4, -0.2) is 53.2 Å². The van der Waals surface area contributed by atoms with Crippen molar-refractivity contribution >= 4 is 5.91 Å². The van der Waals surface area contributed by atoms with Crippen LogP contribution in [0, 0.1) is 0 Å². The molecule has 0 saturated carbocycles. The van der Waals surface area contributed by atoms with E-state index >= 15 is 0 Å². The maximum absolute atomic E-state index is 12.8. The summed E-state index contributed by atoms with van der Waals surface area (Å²) in [5.74, 6) is 1.57. The van der Waals surface area contributed by atoms with Crippen molar-refractivity contribution in [2.45, 2.75) is 12.5 Å². The standard InChI is InChI=1S/C17H17N3O4/c21-17(13-2-1-3-14-16(13)23-9-8-22-14)20-7-4-12(11-20)24-15-10-18-5-6-19-15/h1-3,5-6,10,12H,4,7-9,11H2/t12-/m0/s1. The lowest BCUT2D eigenvalue weighted by Gasteiger charge is -2.23. The summed E-state index contributed by atoms with van der Waals surface area (Å²) in [4.78, 5) is 22.7. The van der Waals surface area contributed by atoms with Gasteiger partial charge in [-0.25, -0.2) is 4.98 Å². The number of carbonyl (C=O) groups is 1. The number of para-hydroxylation sites is 1. The molecule has 1 aromatic heterocycles. The van der Waals surface area contributed by atoms with E-state index in [1.165, 1.54) is 0 Å². The molecule has 0 radical (unpaired) electrons. The maximum Gasteiger partial charge on any atom is 0.257 e. The number of nitrogens with zero attached hydrogens (tertiary/aromatic N) is 3. The third-order valence-electron chi connectivity index (χ3n) is 4.06. The third-order valence-corrected chi connectivity index (χ3v) is 4.06. The van der Waals surface area contributed by atoms with Crippen molar-refractivity contribution in [1.29, 1.82) is 0 Å². The molecule has 1 aromatic carbocycles. The van der Waals surface area contributed by atoms with Gasteiger partial charge in [0.15, 0.2) is 11.5 Å². The summed E-state index contributed by atoms with van der Waals surface area (Å²) in [5.41, 5.74) is 0.535. The second-order valence-electron chi connectivity index (χ2n) is 5.65. The lowest BCUT2D eigenvalue weighted by molar-refractivity contribution is 0.0760. The number of rotatable bonds is 3. The first-order valence-corrected chi connectivity index (χ1v) is 7.92. The van der Waals surface area contributed by atoms with Crippen LogP contribution in [0.5, 0.6) is 17.4 Å². The number of benzene rings is 1. The van der Waals surface area contributed by atoms with Crippen molar-refractivity contribution in [3.8, 4) is 17.4 Å². The number of aromatic nitrogens is 2. The van der Waals surface area contributed by atoms with Gasteiger partial charge in [-0.3, -0.25) is 9.78 Å². The first kappa shape index (κ1) is 14.7. The zero-order valence-electron chi connectivity index (χ0n) is 13.1. The third kappa shape index (κ3) is 2.84. The second-order valence-corrected chi connectivity index (χ2v) is 5.65. The summed E-state index contributed by atoms with van der Waals surface area (Å²) in [7, 11) is 0. The van der Waals surface area contributed by atoms with Crippen molar-refractivity contribution in [2.75, 3.05) is 26.3 Å². The molecule has 0 aliphatic carbocycles. The molecule has 2 aliphatic heterocycles. The molecular formula is C17H17N3O4. The van der Waals surface area contributed by atoms with E-state index in [1.807, 2.05) is 12.1 Å². The largest absolute Gasteiger partial charge is 0.486 e. The molecule has 1 fully saturated rings. The number of fused-ring (bicyclic) bond motifs is 1. The van der Waals surface area contributed by atoms with Gasteiger partial charge < -0.3 is 19.1 Å². The number of likely N-dealkylation sites (tertiary alicyclic amines) is 1. The van der Waals surface area contributed by atoms with Crippen LogP contribution in [-0.2, 0) is 0 Å². The van der Waals surface area contributed by atoms with Crippen molar-refractivity contribution in [3.05, 3.63) is 42.4 Å². The predicted molar refractivity (Wildman–Crippen MR) is 84.4 cm³/mol. The van der Waals surface area contributed by atoms with Gasteiger partial charge in [-0.05, 0) is 12.1 Å². The van der Waals surface area contributed by atoms with Gasteiger partial charge in [0.1, 0.15) is 19.3 Å². The van der Waals surface area contributed by atoms with Gasteiger partial charge in [0.25, 0.3) is 5.91 Å². The minimum absolute atomic E-state index is 0.0670. The normalized spacial score (nSPS) is 19.2. The first-order chi connectivity index (χ1) is 11.8. The highest BCUT2D eigenvalue weighted by Gasteiger charge is 2.31. The molecule has 4 rings (SSSR count). The minimum Gasteiger partial charge on any atom is -0.486 e. The Labute approximate surface area is 139 Å². The van der Waals surface area contributed by atoms with Crippen molar-refractivity contribution in [2.24, 2.45) is 0 Å². The minimum atomic E-state index is -0.0812. The smallest absolute Gasteiger partial charge is 0.257 e. The highest BCUT2D eigenvalue weighted by Crippen LogP contribution is 2.34. The topological polar surface area (TPSA) is 73.8 Å². The molecule has 2 aliphatic rings. The molecule has 124 valence electrons. The molecule has 0 bridgehead atoms. The molecule has 0 N–H and O–H groups in total. The number of ether oxygens (including phenoxy) is 3. The van der Waals surface area contributed by atoms with E-state index in [0.717, 1.165) is 6.42 Å². The SMILES string of the molecule is O=C(c1cccc2c1OCCO2)N1CC[C@H](Oc2cnccn2)C1. The van der Waals surface area contributed by atoms with Crippen molar-refractivity contribution < 1.29 is 19.0 Å². The monoisotopic (exact) mass is 327 g/mol. The van der Waals surface area contributed by atoms with E-state index < -0.39 is 0 Å². The van der Waals surface area contributed by atoms with E-state index in [1.54, 1.807) is 29.6 Å².